The zero-order chi connectivity index (χ0) is 14.6. The summed E-state index contributed by atoms with van der Waals surface area (Å²) in [5.41, 5.74) is 8.95. The molecule has 0 saturated heterocycles. The molecule has 0 saturated carbocycles. The van der Waals surface area contributed by atoms with E-state index in [1.165, 1.54) is 0 Å². The van der Waals surface area contributed by atoms with Crippen LogP contribution >= 0.6 is 0 Å². The van der Waals surface area contributed by atoms with Gasteiger partial charge in [-0.2, -0.15) is 5.10 Å². The molecule has 4 aromatic heterocycles. The van der Waals surface area contributed by atoms with E-state index in [0.717, 1.165) is 16.5 Å². The molecule has 0 aliphatic rings. The van der Waals surface area contributed by atoms with Crippen molar-refractivity contribution in [1.82, 2.24) is 24.7 Å². The summed E-state index contributed by atoms with van der Waals surface area (Å²) in [6.07, 6.45) is 7.04. The van der Waals surface area contributed by atoms with Crippen LogP contribution in [0.15, 0.2) is 30.9 Å². The van der Waals surface area contributed by atoms with Crippen molar-refractivity contribution in [2.24, 2.45) is 7.05 Å². The quantitative estimate of drug-likeness (QED) is 0.493. The van der Waals surface area contributed by atoms with E-state index in [1.54, 1.807) is 23.3 Å². The van der Waals surface area contributed by atoms with Gasteiger partial charge in [-0.05, 0) is 6.07 Å². The van der Waals surface area contributed by atoms with Gasteiger partial charge in [-0.3, -0.25) is 4.68 Å². The summed E-state index contributed by atoms with van der Waals surface area (Å²) in [4.78, 5) is 11.5. The summed E-state index contributed by atoms with van der Waals surface area (Å²) in [5, 5.41) is 15.8. The van der Waals surface area contributed by atoms with Gasteiger partial charge in [0.25, 0.3) is 0 Å². The second-order valence-electron chi connectivity index (χ2n) is 4.93. The first-order valence-electron chi connectivity index (χ1n) is 6.37. The lowest BCUT2D eigenvalue weighted by molar-refractivity contribution is 0.482. The number of anilines is 1. The van der Waals surface area contributed by atoms with Gasteiger partial charge in [0, 0.05) is 36.0 Å². The Hall–Kier alpha value is -3.09. The summed E-state index contributed by atoms with van der Waals surface area (Å²) in [6.45, 7) is 0. The minimum Gasteiger partial charge on any atom is -0.504 e. The van der Waals surface area contributed by atoms with Crippen LogP contribution in [-0.4, -0.2) is 29.8 Å². The third kappa shape index (κ3) is 1.64. The number of rotatable bonds is 1. The molecule has 0 aromatic carbocycles. The Labute approximate surface area is 119 Å². The van der Waals surface area contributed by atoms with Gasteiger partial charge in [-0.25, -0.2) is 9.97 Å². The maximum atomic E-state index is 10.2. The van der Waals surface area contributed by atoms with Crippen molar-refractivity contribution in [2.45, 2.75) is 0 Å². The second kappa shape index (κ2) is 3.95. The molecule has 4 N–H and O–H groups in total. The number of aromatic hydroxyl groups is 1. The highest BCUT2D eigenvalue weighted by molar-refractivity contribution is 6.11. The van der Waals surface area contributed by atoms with Gasteiger partial charge in [-0.1, -0.05) is 0 Å². The van der Waals surface area contributed by atoms with Crippen LogP contribution in [0.1, 0.15) is 0 Å². The number of hydrogen-bond acceptors (Lipinski definition) is 5. The number of pyridine rings is 2. The molecule has 104 valence electrons. The van der Waals surface area contributed by atoms with Crippen molar-refractivity contribution < 1.29 is 5.11 Å². The van der Waals surface area contributed by atoms with Crippen molar-refractivity contribution in [2.75, 3.05) is 5.73 Å². The lowest BCUT2D eigenvalue weighted by Crippen LogP contribution is -1.89. The molecule has 0 spiro atoms. The smallest absolute Gasteiger partial charge is 0.168 e. The highest BCUT2D eigenvalue weighted by Crippen LogP contribution is 2.35. The van der Waals surface area contributed by atoms with Gasteiger partial charge in [0.15, 0.2) is 11.6 Å². The highest BCUT2D eigenvalue weighted by Gasteiger charge is 2.14. The monoisotopic (exact) mass is 280 g/mol. The second-order valence-corrected chi connectivity index (χ2v) is 4.93. The van der Waals surface area contributed by atoms with Crippen LogP contribution < -0.4 is 5.73 Å². The van der Waals surface area contributed by atoms with Crippen LogP contribution in [0.2, 0.25) is 0 Å². The largest absolute Gasteiger partial charge is 0.504 e. The standard InChI is InChI=1S/C14H12N6O/c1-20-6-8(4-18-20)7-2-9-11-10(19-14(9)17-3-7)5-16-13(15)12(11)21/h2-6,21H,1H3,(H2,15,16)(H,17,19). The lowest BCUT2D eigenvalue weighted by Gasteiger charge is -2.00. The molecule has 0 amide bonds. The van der Waals surface area contributed by atoms with Crippen LogP contribution in [-0.2, 0) is 7.05 Å². The zero-order valence-corrected chi connectivity index (χ0v) is 11.2. The van der Waals surface area contributed by atoms with E-state index >= 15 is 0 Å². The topological polar surface area (TPSA) is 106 Å². The summed E-state index contributed by atoms with van der Waals surface area (Å²) in [6, 6.07) is 1.96. The molecule has 4 aromatic rings. The van der Waals surface area contributed by atoms with Crippen LogP contribution in [0, 0.1) is 0 Å². The zero-order valence-electron chi connectivity index (χ0n) is 11.2. The van der Waals surface area contributed by atoms with Crippen LogP contribution in [0.3, 0.4) is 0 Å². The minimum atomic E-state index is -0.0242. The Bertz CT molecular complexity index is 984. The Morgan fingerprint density at radius 1 is 1.19 bits per heavy atom. The predicted octanol–water partition coefficient (Wildman–Crippen LogP) is 1.80. The molecule has 0 aliphatic carbocycles. The van der Waals surface area contributed by atoms with E-state index in [2.05, 4.69) is 20.1 Å². The normalized spacial score (nSPS) is 11.5. The van der Waals surface area contributed by atoms with Gasteiger partial charge in [0.1, 0.15) is 5.65 Å². The highest BCUT2D eigenvalue weighted by atomic mass is 16.3. The number of nitrogen functional groups attached to an aromatic ring is 1. The number of aromatic nitrogens is 5. The van der Waals surface area contributed by atoms with E-state index in [9.17, 15) is 5.11 Å². The number of nitrogens with two attached hydrogens (primary N) is 1. The SMILES string of the molecule is Cn1cc(-c2cnc3[nH]c4cnc(N)c(O)c4c3c2)cn1. The molecule has 0 aliphatic heterocycles. The number of fused-ring (bicyclic) bond motifs is 3. The molecule has 4 heterocycles. The first kappa shape index (κ1) is 11.7. The third-order valence-corrected chi connectivity index (χ3v) is 3.53. The molecule has 7 nitrogen and oxygen atoms in total. The molecule has 0 bridgehead atoms. The van der Waals surface area contributed by atoms with E-state index in [1.807, 2.05) is 19.3 Å². The fraction of sp³-hybridized carbons (Fsp3) is 0.0714. The number of aryl methyl sites for hydroxylation is 1. The fourth-order valence-electron chi connectivity index (χ4n) is 2.49. The van der Waals surface area contributed by atoms with Crippen molar-refractivity contribution in [1.29, 1.82) is 0 Å². The predicted molar refractivity (Wildman–Crippen MR) is 79.7 cm³/mol. The first-order chi connectivity index (χ1) is 10.1. The molecule has 7 heteroatoms. The molecule has 4 rings (SSSR count). The Morgan fingerprint density at radius 2 is 2.05 bits per heavy atom. The molecule has 0 unspecified atom stereocenters. The Morgan fingerprint density at radius 3 is 2.81 bits per heavy atom. The molecule has 0 fully saturated rings. The minimum absolute atomic E-state index is 0.0242. The van der Waals surface area contributed by atoms with Crippen LogP contribution in [0.5, 0.6) is 5.75 Å². The van der Waals surface area contributed by atoms with Gasteiger partial charge in [0.05, 0.1) is 23.3 Å². The fourth-order valence-corrected chi connectivity index (χ4v) is 2.49. The Kier molecular flexibility index (Phi) is 2.20. The van der Waals surface area contributed by atoms with Crippen molar-refractivity contribution in [3.8, 4) is 16.9 Å². The lowest BCUT2D eigenvalue weighted by atomic mass is 10.1. The van der Waals surface area contributed by atoms with Gasteiger partial charge in [-0.15, -0.1) is 0 Å². The summed E-state index contributed by atoms with van der Waals surface area (Å²) in [5.74, 6) is 0.0825. The van der Waals surface area contributed by atoms with Gasteiger partial charge < -0.3 is 15.8 Å². The van der Waals surface area contributed by atoms with Crippen molar-refractivity contribution >= 4 is 27.8 Å². The number of nitrogens with one attached hydrogen (secondary N) is 1. The molecule has 21 heavy (non-hydrogen) atoms. The van der Waals surface area contributed by atoms with E-state index in [-0.39, 0.29) is 11.6 Å². The van der Waals surface area contributed by atoms with E-state index in [0.29, 0.717) is 16.6 Å². The third-order valence-electron chi connectivity index (χ3n) is 3.53. The van der Waals surface area contributed by atoms with Crippen molar-refractivity contribution in [3.05, 3.63) is 30.9 Å². The van der Waals surface area contributed by atoms with Crippen molar-refractivity contribution in [3.63, 3.8) is 0 Å². The molecular formula is C14H12N6O. The molecule has 0 radical (unpaired) electrons. The van der Waals surface area contributed by atoms with Gasteiger partial charge in [0.2, 0.25) is 0 Å². The molecular weight excluding hydrogens is 268 g/mol. The Balaban J connectivity index is 2.06. The number of hydrogen-bond donors (Lipinski definition) is 3. The van der Waals surface area contributed by atoms with Gasteiger partial charge >= 0.3 is 0 Å². The average molecular weight is 280 g/mol. The number of H-pyrrole nitrogens is 1. The number of nitrogens with zero attached hydrogens (tertiary/aromatic N) is 4. The van der Waals surface area contributed by atoms with E-state index < -0.39 is 0 Å². The first-order valence-corrected chi connectivity index (χ1v) is 6.37. The summed E-state index contributed by atoms with van der Waals surface area (Å²) < 4.78 is 1.73. The average Bonchev–Trinajstić information content (AvgIpc) is 3.06. The van der Waals surface area contributed by atoms with Crippen LogP contribution in [0.25, 0.3) is 33.1 Å². The summed E-state index contributed by atoms with van der Waals surface area (Å²) in [7, 11) is 1.86. The maximum absolute atomic E-state index is 10.2. The molecule has 0 atom stereocenters. The summed E-state index contributed by atoms with van der Waals surface area (Å²) >= 11 is 0. The van der Waals surface area contributed by atoms with Crippen LogP contribution in [0.4, 0.5) is 5.82 Å². The van der Waals surface area contributed by atoms with E-state index in [4.69, 9.17) is 5.73 Å². The number of aromatic amines is 1. The maximum Gasteiger partial charge on any atom is 0.168 e.